The maximum atomic E-state index is 12.8. The molecule has 0 saturated carbocycles. The van der Waals surface area contributed by atoms with Gasteiger partial charge in [-0.2, -0.15) is 4.31 Å². The monoisotopic (exact) mass is 494 g/mol. The molecule has 0 unspecified atom stereocenters. The fraction of sp³-hybridized carbons (Fsp3) is 0.250. The minimum Gasteiger partial charge on any atom is -0.369 e. The average Bonchev–Trinajstić information content (AvgIpc) is 3.10. The first-order valence-electron chi connectivity index (χ1n) is 9.62. The van der Waals surface area contributed by atoms with Crippen LogP contribution in [0.15, 0.2) is 42.5 Å². The van der Waals surface area contributed by atoms with Crippen LogP contribution in [0.25, 0.3) is 10.1 Å². The molecule has 1 saturated heterocycles. The van der Waals surface area contributed by atoms with E-state index < -0.39 is 20.9 Å². The van der Waals surface area contributed by atoms with E-state index in [1.807, 2.05) is 12.1 Å². The summed E-state index contributed by atoms with van der Waals surface area (Å²) in [6.45, 7) is 2.01. The third-order valence-corrected chi connectivity index (χ3v) is 8.27. The molecule has 1 aliphatic heterocycles. The Balaban J connectivity index is 1.47. The number of thiophene rings is 1. The van der Waals surface area contributed by atoms with Crippen molar-refractivity contribution in [3.63, 3.8) is 0 Å². The molecular formula is C20H19ClN4O5S2. The second-order valence-electron chi connectivity index (χ2n) is 7.31. The number of nitrogens with zero attached hydrogens (tertiary/aromatic N) is 3. The average molecular weight is 495 g/mol. The van der Waals surface area contributed by atoms with Crippen molar-refractivity contribution in [3.05, 3.63) is 62.5 Å². The molecule has 1 N–H and O–H groups in total. The van der Waals surface area contributed by atoms with Gasteiger partial charge in [0.2, 0.25) is 10.0 Å². The van der Waals surface area contributed by atoms with Crippen LogP contribution in [0.4, 0.5) is 17.1 Å². The number of halogens is 1. The maximum Gasteiger partial charge on any atom is 0.287 e. The van der Waals surface area contributed by atoms with Crippen LogP contribution in [-0.4, -0.2) is 56.0 Å². The fourth-order valence-corrected chi connectivity index (χ4v) is 5.90. The molecular weight excluding hydrogens is 476 g/mol. The second kappa shape index (κ2) is 8.66. The molecule has 32 heavy (non-hydrogen) atoms. The zero-order valence-corrected chi connectivity index (χ0v) is 19.3. The number of sulfonamides is 1. The number of nitro groups is 1. The Morgan fingerprint density at radius 1 is 1.12 bits per heavy atom. The number of piperazine rings is 1. The highest BCUT2D eigenvalue weighted by atomic mass is 35.5. The summed E-state index contributed by atoms with van der Waals surface area (Å²) >= 11 is 7.33. The summed E-state index contributed by atoms with van der Waals surface area (Å²) in [5.74, 6) is -0.444. The highest BCUT2D eigenvalue weighted by Gasteiger charge is 2.24. The van der Waals surface area contributed by atoms with E-state index in [0.717, 1.165) is 17.0 Å². The lowest BCUT2D eigenvalue weighted by Crippen LogP contribution is -2.48. The molecule has 0 atom stereocenters. The Morgan fingerprint density at radius 2 is 1.78 bits per heavy atom. The summed E-state index contributed by atoms with van der Waals surface area (Å²) in [6, 6.07) is 11.8. The molecule has 1 amide bonds. The largest absolute Gasteiger partial charge is 0.369 e. The molecule has 3 aromatic rings. The van der Waals surface area contributed by atoms with Crippen LogP contribution in [0.1, 0.15) is 9.67 Å². The Hall–Kier alpha value is -2.73. The lowest BCUT2D eigenvalue weighted by atomic mass is 10.2. The number of non-ortho nitro benzene ring substituents is 1. The number of nitrogens with one attached hydrogen (secondary N) is 1. The number of nitro benzene ring substituents is 1. The van der Waals surface area contributed by atoms with E-state index in [9.17, 15) is 23.3 Å². The zero-order chi connectivity index (χ0) is 23.0. The highest BCUT2D eigenvalue weighted by molar-refractivity contribution is 7.88. The molecule has 12 heteroatoms. The van der Waals surface area contributed by atoms with Gasteiger partial charge in [0.25, 0.3) is 11.6 Å². The van der Waals surface area contributed by atoms with Crippen LogP contribution >= 0.6 is 22.9 Å². The van der Waals surface area contributed by atoms with Gasteiger partial charge in [-0.15, -0.1) is 11.3 Å². The van der Waals surface area contributed by atoms with Crippen LogP contribution in [-0.2, 0) is 10.0 Å². The first-order chi connectivity index (χ1) is 15.1. The molecule has 9 nitrogen and oxygen atoms in total. The van der Waals surface area contributed by atoms with Gasteiger partial charge in [0.15, 0.2) is 0 Å². The zero-order valence-electron chi connectivity index (χ0n) is 16.9. The molecule has 1 fully saturated rings. The molecule has 2 aromatic carbocycles. The van der Waals surface area contributed by atoms with Crippen LogP contribution in [0.3, 0.4) is 0 Å². The number of anilines is 2. The summed E-state index contributed by atoms with van der Waals surface area (Å²) in [7, 11) is -3.19. The van der Waals surface area contributed by atoms with Crippen molar-refractivity contribution in [1.29, 1.82) is 0 Å². The van der Waals surface area contributed by atoms with Crippen molar-refractivity contribution in [2.45, 2.75) is 0 Å². The molecule has 0 spiro atoms. The van der Waals surface area contributed by atoms with Crippen LogP contribution < -0.4 is 10.2 Å². The Labute approximate surface area is 193 Å². The van der Waals surface area contributed by atoms with Crippen LogP contribution in [0.2, 0.25) is 5.02 Å². The Bertz CT molecular complexity index is 1300. The van der Waals surface area contributed by atoms with Crippen molar-refractivity contribution in [1.82, 2.24) is 4.31 Å². The molecule has 4 rings (SSSR count). The quantitative estimate of drug-likeness (QED) is 0.426. The van der Waals surface area contributed by atoms with E-state index in [1.54, 1.807) is 18.2 Å². The van der Waals surface area contributed by atoms with Gasteiger partial charge in [0.1, 0.15) is 9.58 Å². The second-order valence-corrected chi connectivity index (χ2v) is 10.7. The van der Waals surface area contributed by atoms with E-state index in [0.29, 0.717) is 42.0 Å². The summed E-state index contributed by atoms with van der Waals surface area (Å²) < 4.78 is 25.1. The van der Waals surface area contributed by atoms with Crippen molar-refractivity contribution in [2.24, 2.45) is 0 Å². The molecule has 0 radical (unpaired) electrons. The Kier molecular flexibility index (Phi) is 6.08. The van der Waals surface area contributed by atoms with Crippen molar-refractivity contribution < 1.29 is 18.1 Å². The minimum absolute atomic E-state index is 0.0891. The van der Waals surface area contributed by atoms with E-state index in [2.05, 4.69) is 10.2 Å². The number of benzene rings is 2. The molecule has 1 aromatic heterocycles. The van der Waals surface area contributed by atoms with E-state index >= 15 is 0 Å². The highest BCUT2D eigenvalue weighted by Crippen LogP contribution is 2.40. The lowest BCUT2D eigenvalue weighted by Gasteiger charge is -2.34. The van der Waals surface area contributed by atoms with Gasteiger partial charge in [-0.25, -0.2) is 8.42 Å². The number of fused-ring (bicyclic) bond motifs is 1. The predicted octanol–water partition coefficient (Wildman–Crippen LogP) is 3.80. The van der Waals surface area contributed by atoms with Crippen molar-refractivity contribution >= 4 is 66.0 Å². The number of hydrogen-bond acceptors (Lipinski definition) is 7. The van der Waals surface area contributed by atoms with Gasteiger partial charge in [-0.1, -0.05) is 23.7 Å². The molecule has 0 aliphatic carbocycles. The van der Waals surface area contributed by atoms with Gasteiger partial charge in [-0.3, -0.25) is 14.9 Å². The van der Waals surface area contributed by atoms with Gasteiger partial charge >= 0.3 is 0 Å². The van der Waals surface area contributed by atoms with E-state index in [-0.39, 0.29) is 15.6 Å². The maximum absolute atomic E-state index is 12.8. The fourth-order valence-electron chi connectivity index (χ4n) is 3.59. The molecule has 1 aliphatic rings. The summed E-state index contributed by atoms with van der Waals surface area (Å²) in [4.78, 5) is 25.8. The standard InChI is InChI=1S/C20H19ClN4O5S2/c1-32(29,30)24-11-9-23(10-12-24)14-7-5-13(6-8-14)22-20(26)19-17(21)15-3-2-4-16(25(27)28)18(15)31-19/h2-8H,9-12H2,1H3,(H,22,26). The molecule has 168 valence electrons. The summed E-state index contributed by atoms with van der Waals surface area (Å²) in [5.41, 5.74) is 1.39. The molecule has 0 bridgehead atoms. The van der Waals surface area contributed by atoms with Gasteiger partial charge < -0.3 is 10.2 Å². The number of carbonyl (C=O) groups is 1. The van der Waals surface area contributed by atoms with Gasteiger partial charge in [0.05, 0.1) is 16.2 Å². The predicted molar refractivity (Wildman–Crippen MR) is 127 cm³/mol. The SMILES string of the molecule is CS(=O)(=O)N1CCN(c2ccc(NC(=O)c3sc4c([N+](=O)[O-])cccc4c3Cl)cc2)CC1. The van der Waals surface area contributed by atoms with Gasteiger partial charge in [0, 0.05) is 49.0 Å². The third-order valence-electron chi connectivity index (χ3n) is 5.24. The van der Waals surface area contributed by atoms with E-state index in [4.69, 9.17) is 11.6 Å². The number of amides is 1. The summed E-state index contributed by atoms with van der Waals surface area (Å²) in [6.07, 6.45) is 1.21. The normalized spacial score (nSPS) is 15.1. The topological polar surface area (TPSA) is 113 Å². The molecule has 2 heterocycles. The lowest BCUT2D eigenvalue weighted by molar-refractivity contribution is -0.382. The van der Waals surface area contributed by atoms with Crippen molar-refractivity contribution in [3.8, 4) is 0 Å². The third kappa shape index (κ3) is 4.42. The van der Waals surface area contributed by atoms with Crippen LogP contribution in [0.5, 0.6) is 0 Å². The first kappa shape index (κ1) is 22.5. The number of carbonyl (C=O) groups excluding carboxylic acids is 1. The number of rotatable bonds is 5. The van der Waals surface area contributed by atoms with Gasteiger partial charge in [-0.05, 0) is 24.3 Å². The van der Waals surface area contributed by atoms with E-state index in [1.165, 1.54) is 22.7 Å². The first-order valence-corrected chi connectivity index (χ1v) is 12.7. The minimum atomic E-state index is -3.19. The van der Waals surface area contributed by atoms with Crippen molar-refractivity contribution in [2.75, 3.05) is 42.7 Å². The smallest absolute Gasteiger partial charge is 0.287 e. The number of hydrogen-bond donors (Lipinski definition) is 1. The summed E-state index contributed by atoms with van der Waals surface area (Å²) in [5, 5.41) is 14.7. The van der Waals surface area contributed by atoms with Crippen LogP contribution in [0, 0.1) is 10.1 Å². The Morgan fingerprint density at radius 3 is 2.38 bits per heavy atom.